The Morgan fingerprint density at radius 3 is 2.52 bits per heavy atom. The molecule has 1 aliphatic rings. The van der Waals surface area contributed by atoms with Crippen molar-refractivity contribution in [2.24, 2.45) is 7.05 Å². The van der Waals surface area contributed by atoms with E-state index in [0.29, 0.717) is 13.0 Å². The summed E-state index contributed by atoms with van der Waals surface area (Å²) in [5.41, 5.74) is 3.11. The van der Waals surface area contributed by atoms with Gasteiger partial charge in [0.1, 0.15) is 5.82 Å². The lowest BCUT2D eigenvalue weighted by Crippen LogP contribution is -2.45. The van der Waals surface area contributed by atoms with E-state index in [1.165, 1.54) is 11.4 Å². The lowest BCUT2D eigenvalue weighted by atomic mass is 10.2. The van der Waals surface area contributed by atoms with Gasteiger partial charge in [0.15, 0.2) is 0 Å². The molecule has 0 unspecified atom stereocenters. The van der Waals surface area contributed by atoms with Crippen LogP contribution in [-0.4, -0.2) is 60.4 Å². The summed E-state index contributed by atoms with van der Waals surface area (Å²) >= 11 is 0. The second-order valence-corrected chi connectivity index (χ2v) is 7.14. The van der Waals surface area contributed by atoms with Gasteiger partial charge in [-0.2, -0.15) is 5.10 Å². The van der Waals surface area contributed by atoms with Crippen molar-refractivity contribution in [1.82, 2.24) is 20.0 Å². The quantitative estimate of drug-likeness (QED) is 0.725. The van der Waals surface area contributed by atoms with Crippen molar-refractivity contribution < 1.29 is 4.79 Å². The lowest BCUT2D eigenvalue weighted by molar-refractivity contribution is -0.116. The first kappa shape index (κ1) is 19.4. The molecular formula is C20H30N6O. The van der Waals surface area contributed by atoms with E-state index in [4.69, 9.17) is 0 Å². The molecule has 2 N–H and O–H groups in total. The zero-order chi connectivity index (χ0) is 19.2. The number of rotatable bonds is 7. The summed E-state index contributed by atoms with van der Waals surface area (Å²) in [6.07, 6.45) is 0.443. The average molecular weight is 371 g/mol. The molecule has 27 heavy (non-hydrogen) atoms. The van der Waals surface area contributed by atoms with E-state index in [1.54, 1.807) is 0 Å². The summed E-state index contributed by atoms with van der Waals surface area (Å²) in [4.78, 5) is 16.8. The molecule has 1 aromatic carbocycles. The third kappa shape index (κ3) is 5.08. The maximum Gasteiger partial charge on any atom is 0.225 e. The number of hydrogen-bond donors (Lipinski definition) is 2. The van der Waals surface area contributed by atoms with E-state index in [-0.39, 0.29) is 5.91 Å². The Balaban J connectivity index is 1.51. The van der Waals surface area contributed by atoms with Gasteiger partial charge in [0, 0.05) is 64.0 Å². The molecule has 0 spiro atoms. The lowest BCUT2D eigenvalue weighted by Gasteiger charge is -2.34. The van der Waals surface area contributed by atoms with Crippen molar-refractivity contribution in [1.29, 1.82) is 0 Å². The number of carbonyl (C=O) groups excluding carboxylic acids is 1. The van der Waals surface area contributed by atoms with Gasteiger partial charge in [0.25, 0.3) is 0 Å². The minimum Gasteiger partial charge on any atom is -0.354 e. The number of piperazine rings is 1. The molecule has 1 aliphatic heterocycles. The first-order chi connectivity index (χ1) is 13.0. The van der Waals surface area contributed by atoms with Gasteiger partial charge in [-0.25, -0.2) is 0 Å². The van der Waals surface area contributed by atoms with Crippen molar-refractivity contribution in [3.8, 4) is 0 Å². The topological polar surface area (TPSA) is 65.4 Å². The fourth-order valence-electron chi connectivity index (χ4n) is 3.47. The molecule has 146 valence electrons. The minimum atomic E-state index is 0.0240. The van der Waals surface area contributed by atoms with Crippen LogP contribution in [0, 0.1) is 6.92 Å². The predicted octanol–water partition coefficient (Wildman–Crippen LogP) is 1.60. The van der Waals surface area contributed by atoms with Crippen LogP contribution in [0.3, 0.4) is 0 Å². The third-order valence-corrected chi connectivity index (χ3v) is 5.00. The number of aromatic nitrogens is 2. The Labute approximate surface area is 161 Å². The molecule has 0 aliphatic carbocycles. The van der Waals surface area contributed by atoms with Crippen LogP contribution in [0.2, 0.25) is 0 Å². The van der Waals surface area contributed by atoms with Crippen LogP contribution in [0.5, 0.6) is 0 Å². The molecule has 0 saturated carbocycles. The number of amides is 1. The van der Waals surface area contributed by atoms with Gasteiger partial charge in [0.2, 0.25) is 5.91 Å². The third-order valence-electron chi connectivity index (χ3n) is 5.00. The van der Waals surface area contributed by atoms with Gasteiger partial charge in [-0.15, -0.1) is 0 Å². The highest BCUT2D eigenvalue weighted by molar-refractivity contribution is 5.90. The molecule has 1 saturated heterocycles. The SMILES string of the molecule is Cc1nn(C)c(N2CCN(C)CC2)c1CNCCC(=O)Nc1ccccc1. The summed E-state index contributed by atoms with van der Waals surface area (Å²) in [7, 11) is 4.17. The summed E-state index contributed by atoms with van der Waals surface area (Å²) in [6.45, 7) is 7.57. The number of anilines is 2. The van der Waals surface area contributed by atoms with Crippen LogP contribution >= 0.6 is 0 Å². The zero-order valence-electron chi connectivity index (χ0n) is 16.5. The molecule has 0 atom stereocenters. The number of nitrogens with zero attached hydrogens (tertiary/aromatic N) is 4. The molecular weight excluding hydrogens is 340 g/mol. The van der Waals surface area contributed by atoms with Crippen LogP contribution in [0.15, 0.2) is 30.3 Å². The highest BCUT2D eigenvalue weighted by atomic mass is 16.1. The van der Waals surface area contributed by atoms with Gasteiger partial charge in [-0.1, -0.05) is 18.2 Å². The number of hydrogen-bond acceptors (Lipinski definition) is 5. The van der Waals surface area contributed by atoms with Crippen LogP contribution in [-0.2, 0) is 18.4 Å². The Morgan fingerprint density at radius 2 is 1.81 bits per heavy atom. The van der Waals surface area contributed by atoms with E-state index in [0.717, 1.165) is 44.1 Å². The number of carbonyl (C=O) groups is 1. The Morgan fingerprint density at radius 1 is 1.11 bits per heavy atom. The molecule has 1 aromatic heterocycles. The number of benzene rings is 1. The molecule has 2 heterocycles. The van der Waals surface area contributed by atoms with Crippen LogP contribution in [0.1, 0.15) is 17.7 Å². The second-order valence-electron chi connectivity index (χ2n) is 7.14. The molecule has 3 rings (SSSR count). The molecule has 2 aromatic rings. The van der Waals surface area contributed by atoms with Crippen molar-refractivity contribution >= 4 is 17.4 Å². The molecule has 0 bridgehead atoms. The largest absolute Gasteiger partial charge is 0.354 e. The molecule has 1 amide bonds. The highest BCUT2D eigenvalue weighted by Gasteiger charge is 2.22. The van der Waals surface area contributed by atoms with Crippen LogP contribution < -0.4 is 15.5 Å². The van der Waals surface area contributed by atoms with Crippen LogP contribution in [0.4, 0.5) is 11.5 Å². The van der Waals surface area contributed by atoms with Crippen LogP contribution in [0.25, 0.3) is 0 Å². The predicted molar refractivity (Wildman–Crippen MR) is 109 cm³/mol. The second kappa shape index (κ2) is 9.01. The van der Waals surface area contributed by atoms with E-state index in [1.807, 2.05) is 42.1 Å². The highest BCUT2D eigenvalue weighted by Crippen LogP contribution is 2.24. The zero-order valence-corrected chi connectivity index (χ0v) is 16.5. The fourth-order valence-corrected chi connectivity index (χ4v) is 3.47. The van der Waals surface area contributed by atoms with Gasteiger partial charge in [0.05, 0.1) is 5.69 Å². The maximum absolute atomic E-state index is 12.1. The van der Waals surface area contributed by atoms with Gasteiger partial charge < -0.3 is 20.4 Å². The van der Waals surface area contributed by atoms with E-state index in [9.17, 15) is 4.79 Å². The van der Waals surface area contributed by atoms with Gasteiger partial charge in [-0.3, -0.25) is 9.48 Å². The normalized spacial score (nSPS) is 15.1. The van der Waals surface area contributed by atoms with Crippen molar-refractivity contribution in [2.45, 2.75) is 19.9 Å². The number of aryl methyl sites for hydroxylation is 2. The first-order valence-corrected chi connectivity index (χ1v) is 9.56. The molecule has 0 radical (unpaired) electrons. The number of nitrogens with one attached hydrogen (secondary N) is 2. The molecule has 7 heteroatoms. The maximum atomic E-state index is 12.1. The summed E-state index contributed by atoms with van der Waals surface area (Å²) in [6, 6.07) is 9.56. The van der Waals surface area contributed by atoms with Gasteiger partial charge >= 0.3 is 0 Å². The summed E-state index contributed by atoms with van der Waals surface area (Å²) < 4.78 is 1.99. The minimum absolute atomic E-state index is 0.0240. The Bertz CT molecular complexity index is 749. The summed E-state index contributed by atoms with van der Waals surface area (Å²) in [5, 5.41) is 10.9. The fraction of sp³-hybridized carbons (Fsp3) is 0.500. The van der Waals surface area contributed by atoms with Crippen molar-refractivity contribution in [2.75, 3.05) is 50.0 Å². The van der Waals surface area contributed by atoms with Crippen molar-refractivity contribution in [3.05, 3.63) is 41.6 Å². The average Bonchev–Trinajstić information content (AvgIpc) is 2.94. The Kier molecular flexibility index (Phi) is 6.47. The number of para-hydroxylation sites is 1. The monoisotopic (exact) mass is 370 g/mol. The number of likely N-dealkylation sites (N-methyl/N-ethyl adjacent to an activating group) is 1. The van der Waals surface area contributed by atoms with E-state index < -0.39 is 0 Å². The Hall–Kier alpha value is -2.38. The van der Waals surface area contributed by atoms with Gasteiger partial charge in [-0.05, 0) is 26.1 Å². The van der Waals surface area contributed by atoms with Crippen molar-refractivity contribution in [3.63, 3.8) is 0 Å². The molecule has 7 nitrogen and oxygen atoms in total. The first-order valence-electron chi connectivity index (χ1n) is 9.56. The molecule has 1 fully saturated rings. The van der Waals surface area contributed by atoms with E-state index >= 15 is 0 Å². The standard InChI is InChI=1S/C20H30N6O/c1-16-18(20(25(3)23-16)26-13-11-24(2)12-14-26)15-21-10-9-19(27)22-17-7-5-4-6-8-17/h4-8,21H,9-15H2,1-3H3,(H,22,27). The summed E-state index contributed by atoms with van der Waals surface area (Å²) in [5.74, 6) is 1.22. The van der Waals surface area contributed by atoms with E-state index in [2.05, 4.69) is 39.5 Å². The smallest absolute Gasteiger partial charge is 0.225 e.